The minimum absolute atomic E-state index is 1.04. The third-order valence-corrected chi connectivity index (χ3v) is 15.5. The molecule has 1 heteroatoms. The van der Waals surface area contributed by atoms with Gasteiger partial charge in [-0.15, -0.1) is 0 Å². The monoisotopic (exact) mass is 501 g/mol. The number of unbranched alkanes of at least 4 members (excludes halogenated alkanes) is 18. The molecule has 0 bridgehead atoms. The van der Waals surface area contributed by atoms with Gasteiger partial charge in [-0.3, -0.25) is 0 Å². The normalized spacial score (nSPS) is 11.6. The van der Waals surface area contributed by atoms with E-state index in [0.717, 1.165) is 0 Å². The van der Waals surface area contributed by atoms with Gasteiger partial charge in [0.2, 0.25) is 0 Å². The fourth-order valence-corrected chi connectivity index (χ4v) is 12.9. The predicted molar refractivity (Wildman–Crippen MR) is 134 cm³/mol. The van der Waals surface area contributed by atoms with Crippen molar-refractivity contribution in [1.82, 2.24) is 0 Å². The summed E-state index contributed by atoms with van der Waals surface area (Å²) in [5, 5.41) is 0. The van der Waals surface area contributed by atoms with Crippen LogP contribution in [0.4, 0.5) is 0 Å². The molecule has 0 unspecified atom stereocenters. The molecule has 0 aliphatic rings. The molecule has 0 aromatic heterocycles. The first-order chi connectivity index (χ1) is 13.8. The van der Waals surface area contributed by atoms with Gasteiger partial charge in [0.15, 0.2) is 0 Å². The molecule has 0 aromatic carbocycles. The molecular weight excluding hydrogens is 443 g/mol. The molecule has 0 rings (SSSR count). The maximum absolute atomic E-state index is 2.33. The van der Waals surface area contributed by atoms with Gasteiger partial charge in [-0.05, 0) is 0 Å². The zero-order valence-corrected chi connectivity index (χ0v) is 23.3. The van der Waals surface area contributed by atoms with Crippen molar-refractivity contribution < 1.29 is 0 Å². The second-order valence-corrected chi connectivity index (χ2v) is 17.9. The van der Waals surface area contributed by atoms with Crippen LogP contribution in [0.5, 0.6) is 0 Å². The Balaban J connectivity index is 3.80. The Morgan fingerprint density at radius 1 is 0.286 bits per heavy atom. The molecule has 0 aliphatic carbocycles. The summed E-state index contributed by atoms with van der Waals surface area (Å²) in [4.78, 5) is 0. The van der Waals surface area contributed by atoms with Gasteiger partial charge in [-0.2, -0.15) is 0 Å². The second kappa shape index (κ2) is 25.8. The Labute approximate surface area is 188 Å². The molecule has 0 amide bonds. The van der Waals surface area contributed by atoms with E-state index in [1.54, 1.807) is 51.8 Å². The van der Waals surface area contributed by atoms with Crippen molar-refractivity contribution in [1.29, 1.82) is 0 Å². The Morgan fingerprint density at radius 2 is 0.500 bits per heavy atom. The van der Waals surface area contributed by atoms with E-state index < -0.39 is 19.8 Å². The Bertz CT molecular complexity index is 220. The molecule has 0 saturated heterocycles. The molecule has 0 nitrogen and oxygen atoms in total. The summed E-state index contributed by atoms with van der Waals surface area (Å²) in [7, 11) is 0. The molecule has 0 heterocycles. The molecule has 0 atom stereocenters. The van der Waals surface area contributed by atoms with Crippen molar-refractivity contribution in [3.63, 3.8) is 0 Å². The molecule has 0 aromatic rings. The summed E-state index contributed by atoms with van der Waals surface area (Å²) in [6.45, 7) is 6.98. The zero-order chi connectivity index (χ0) is 20.5. The van der Waals surface area contributed by atoms with Gasteiger partial charge in [0.25, 0.3) is 0 Å². The van der Waals surface area contributed by atoms with E-state index in [0.29, 0.717) is 0 Å². The van der Waals surface area contributed by atoms with Crippen LogP contribution in [0.25, 0.3) is 0 Å². The van der Waals surface area contributed by atoms with E-state index in [9.17, 15) is 0 Å². The number of hydrogen-bond acceptors (Lipinski definition) is 0. The van der Waals surface area contributed by atoms with Gasteiger partial charge in [0.1, 0.15) is 0 Å². The van der Waals surface area contributed by atoms with Crippen molar-refractivity contribution in [3.05, 3.63) is 0 Å². The molecule has 169 valence electrons. The number of hydrogen-bond donors (Lipinski definition) is 0. The number of rotatable bonds is 24. The molecule has 0 N–H and O–H groups in total. The molecule has 28 heavy (non-hydrogen) atoms. The molecule has 1 radical (unpaired) electrons. The van der Waals surface area contributed by atoms with Crippen molar-refractivity contribution in [2.24, 2.45) is 0 Å². The summed E-state index contributed by atoms with van der Waals surface area (Å²) >= 11 is -1.04. The third-order valence-electron chi connectivity index (χ3n) is 6.40. The van der Waals surface area contributed by atoms with E-state index in [-0.39, 0.29) is 0 Å². The van der Waals surface area contributed by atoms with Gasteiger partial charge in [0.05, 0.1) is 0 Å². The maximum atomic E-state index is 2.33. The summed E-state index contributed by atoms with van der Waals surface area (Å²) in [6, 6.07) is 0. The first-order valence-electron chi connectivity index (χ1n) is 13.7. The summed E-state index contributed by atoms with van der Waals surface area (Å²) in [6.07, 6.45) is 31.4. The summed E-state index contributed by atoms with van der Waals surface area (Å²) < 4.78 is 5.17. The van der Waals surface area contributed by atoms with E-state index >= 15 is 0 Å². The Kier molecular flexibility index (Phi) is 26.6. The van der Waals surface area contributed by atoms with Crippen LogP contribution >= 0.6 is 0 Å². The molecular formula is C27H57Sn. The zero-order valence-electron chi connectivity index (χ0n) is 20.5. The average Bonchev–Trinajstić information content (AvgIpc) is 2.71. The Hall–Kier alpha value is 0.799. The van der Waals surface area contributed by atoms with Crippen LogP contribution in [0, 0.1) is 0 Å². The first kappa shape index (κ1) is 28.8. The summed E-state index contributed by atoms with van der Waals surface area (Å²) in [5.41, 5.74) is 0. The van der Waals surface area contributed by atoms with Crippen LogP contribution in [0.2, 0.25) is 13.3 Å². The quantitative estimate of drug-likeness (QED) is 0.0913. The van der Waals surface area contributed by atoms with Gasteiger partial charge in [-0.25, -0.2) is 0 Å². The van der Waals surface area contributed by atoms with Crippen molar-refractivity contribution >= 4 is 19.8 Å². The second-order valence-electron chi connectivity index (χ2n) is 9.36. The Morgan fingerprint density at radius 3 is 0.750 bits per heavy atom. The predicted octanol–water partition coefficient (Wildman–Crippen LogP) is 10.7. The van der Waals surface area contributed by atoms with E-state index in [4.69, 9.17) is 0 Å². The fourth-order valence-electron chi connectivity index (χ4n) is 4.37. The van der Waals surface area contributed by atoms with Crippen LogP contribution in [-0.2, 0) is 0 Å². The average molecular weight is 500 g/mol. The van der Waals surface area contributed by atoms with Crippen molar-refractivity contribution in [3.8, 4) is 0 Å². The topological polar surface area (TPSA) is 0 Å². The van der Waals surface area contributed by atoms with E-state index in [1.165, 1.54) is 96.3 Å². The SMILES string of the molecule is CCCCCCCC[CH2][Sn]([CH2]CCCCCCCC)[CH2]CCCCCCCC. The van der Waals surface area contributed by atoms with Gasteiger partial charge in [-0.1, -0.05) is 0 Å². The molecule has 0 saturated carbocycles. The van der Waals surface area contributed by atoms with Crippen molar-refractivity contribution in [2.45, 2.75) is 169 Å². The van der Waals surface area contributed by atoms with Gasteiger partial charge < -0.3 is 0 Å². The van der Waals surface area contributed by atoms with Crippen LogP contribution in [-0.4, -0.2) is 19.8 Å². The van der Waals surface area contributed by atoms with Gasteiger partial charge in [0, 0.05) is 0 Å². The minimum atomic E-state index is -1.04. The molecule has 0 fully saturated rings. The van der Waals surface area contributed by atoms with E-state index in [1.807, 2.05) is 0 Å². The summed E-state index contributed by atoms with van der Waals surface area (Å²) in [5.74, 6) is 0. The van der Waals surface area contributed by atoms with Crippen LogP contribution in [0.1, 0.15) is 156 Å². The molecule has 0 spiro atoms. The van der Waals surface area contributed by atoms with Crippen LogP contribution in [0.15, 0.2) is 0 Å². The first-order valence-corrected chi connectivity index (χ1v) is 19.7. The van der Waals surface area contributed by atoms with Crippen LogP contribution < -0.4 is 0 Å². The van der Waals surface area contributed by atoms with Crippen molar-refractivity contribution in [2.75, 3.05) is 0 Å². The van der Waals surface area contributed by atoms with E-state index in [2.05, 4.69) is 20.8 Å². The fraction of sp³-hybridized carbons (Fsp3) is 1.00. The third kappa shape index (κ3) is 23.1. The molecule has 0 aliphatic heterocycles. The van der Waals surface area contributed by atoms with Crippen LogP contribution in [0.3, 0.4) is 0 Å². The van der Waals surface area contributed by atoms with Gasteiger partial charge >= 0.3 is 189 Å². The standard InChI is InChI=1S/3C9H19.Sn/c3*1-3-5-7-9-8-6-4-2;/h3*1,3-9H2,2H3;.